The fraction of sp³-hybridized carbons (Fsp3) is 0.238. The Morgan fingerprint density at radius 2 is 1.62 bits per heavy atom. The first-order valence-electron chi connectivity index (χ1n) is 9.18. The van der Waals surface area contributed by atoms with Crippen molar-refractivity contribution in [3.63, 3.8) is 0 Å². The summed E-state index contributed by atoms with van der Waals surface area (Å²) < 4.78 is 6.12. The predicted octanol–water partition coefficient (Wildman–Crippen LogP) is 3.45. The van der Waals surface area contributed by atoms with Crippen molar-refractivity contribution in [2.24, 2.45) is 0 Å². The van der Waals surface area contributed by atoms with Gasteiger partial charge in [-0.2, -0.15) is 0 Å². The molecule has 0 aliphatic carbocycles. The fourth-order valence-corrected chi connectivity index (χ4v) is 4.53. The number of hydrogen-bond acceptors (Lipinski definition) is 5. The van der Waals surface area contributed by atoms with E-state index >= 15 is 0 Å². The molecule has 2 aromatic carbocycles. The number of piperazine rings is 1. The molecule has 6 nitrogen and oxygen atoms in total. The number of anilines is 2. The lowest BCUT2D eigenvalue weighted by Gasteiger charge is -2.37. The number of benzene rings is 2. The Balaban J connectivity index is 1.51. The molecule has 2 aliphatic heterocycles. The lowest BCUT2D eigenvalue weighted by molar-refractivity contribution is -0.121. The summed E-state index contributed by atoms with van der Waals surface area (Å²) in [6, 6.07) is 15.2. The van der Waals surface area contributed by atoms with Gasteiger partial charge >= 0.3 is 0 Å². The maximum Gasteiger partial charge on any atom is 0.283 e. The van der Waals surface area contributed by atoms with E-state index in [0.717, 1.165) is 15.0 Å². The summed E-state index contributed by atoms with van der Waals surface area (Å²) >= 11 is 8.46. The largest absolute Gasteiger partial charge is 0.497 e. The molecule has 1 saturated heterocycles. The van der Waals surface area contributed by atoms with E-state index in [4.69, 9.17) is 16.3 Å². The minimum absolute atomic E-state index is 0.00974. The van der Waals surface area contributed by atoms with Crippen molar-refractivity contribution in [3.05, 3.63) is 62.8 Å². The van der Waals surface area contributed by atoms with Gasteiger partial charge in [0.15, 0.2) is 0 Å². The van der Waals surface area contributed by atoms with Gasteiger partial charge in [0.05, 0.1) is 12.8 Å². The normalized spacial score (nSPS) is 17.4. The fourth-order valence-electron chi connectivity index (χ4n) is 3.61. The smallest absolute Gasteiger partial charge is 0.283 e. The van der Waals surface area contributed by atoms with Crippen molar-refractivity contribution in [2.75, 3.05) is 43.1 Å². The van der Waals surface area contributed by atoms with Gasteiger partial charge in [-0.3, -0.25) is 9.59 Å². The second kappa shape index (κ2) is 8.23. The van der Waals surface area contributed by atoms with Crippen molar-refractivity contribution in [1.82, 2.24) is 4.90 Å². The summed E-state index contributed by atoms with van der Waals surface area (Å²) in [5, 5.41) is -0.00974. The molecule has 4 rings (SSSR count). The average Bonchev–Trinajstić information content (AvgIpc) is 2.97. The van der Waals surface area contributed by atoms with Crippen LogP contribution in [0.1, 0.15) is 0 Å². The van der Waals surface area contributed by atoms with E-state index in [-0.39, 0.29) is 10.9 Å². The van der Waals surface area contributed by atoms with E-state index in [2.05, 4.69) is 27.5 Å². The molecule has 0 spiro atoms. The van der Waals surface area contributed by atoms with Gasteiger partial charge in [0.1, 0.15) is 16.5 Å². The molecule has 2 amide bonds. The van der Waals surface area contributed by atoms with Crippen LogP contribution < -0.4 is 14.5 Å². The molecular formula is C21H19ClIN3O3. The van der Waals surface area contributed by atoms with Crippen molar-refractivity contribution in [1.29, 1.82) is 0 Å². The zero-order chi connectivity index (χ0) is 20.5. The van der Waals surface area contributed by atoms with Crippen LogP contribution >= 0.6 is 34.2 Å². The van der Waals surface area contributed by atoms with Crippen LogP contribution in [0.3, 0.4) is 0 Å². The zero-order valence-electron chi connectivity index (χ0n) is 15.8. The molecular weight excluding hydrogens is 505 g/mol. The molecule has 8 heteroatoms. The van der Waals surface area contributed by atoms with Gasteiger partial charge in [-0.05, 0) is 46.9 Å². The molecule has 0 aromatic heterocycles. The van der Waals surface area contributed by atoms with E-state index < -0.39 is 5.91 Å². The minimum Gasteiger partial charge on any atom is -0.497 e. The van der Waals surface area contributed by atoms with Crippen LogP contribution in [0.2, 0.25) is 0 Å². The Morgan fingerprint density at radius 3 is 2.31 bits per heavy atom. The highest BCUT2D eigenvalue weighted by atomic mass is 127. The van der Waals surface area contributed by atoms with E-state index in [0.29, 0.717) is 37.6 Å². The Morgan fingerprint density at radius 1 is 0.931 bits per heavy atom. The van der Waals surface area contributed by atoms with Gasteiger partial charge in [0, 0.05) is 41.5 Å². The number of ether oxygens (including phenoxy) is 1. The van der Waals surface area contributed by atoms with Gasteiger partial charge in [0.2, 0.25) is 0 Å². The molecule has 0 unspecified atom stereocenters. The Hall–Kier alpha value is -2.26. The van der Waals surface area contributed by atoms with Crippen LogP contribution in [-0.2, 0) is 9.59 Å². The number of nitrogens with zero attached hydrogens (tertiary/aromatic N) is 3. The lowest BCUT2D eigenvalue weighted by atomic mass is 10.2. The molecule has 0 radical (unpaired) electrons. The van der Waals surface area contributed by atoms with Crippen LogP contribution in [0.4, 0.5) is 11.4 Å². The minimum atomic E-state index is -0.467. The first-order valence-corrected chi connectivity index (χ1v) is 10.6. The number of hydrogen-bond donors (Lipinski definition) is 0. The topological polar surface area (TPSA) is 53.1 Å². The molecule has 1 fully saturated rings. The van der Waals surface area contributed by atoms with Gasteiger partial charge in [-0.25, -0.2) is 4.90 Å². The highest BCUT2D eigenvalue weighted by molar-refractivity contribution is 14.1. The second-order valence-corrected chi connectivity index (χ2v) is 8.28. The quantitative estimate of drug-likeness (QED) is 0.454. The standard InChI is InChI=1S/C21H19ClIN3O3/c1-29-15-6-4-5-14(13-15)24-9-11-25(12-10-24)19-18(22)20(27)26(21(19)28)17-8-3-2-7-16(17)23/h2-8,13H,9-12H2,1H3. The number of imide groups is 1. The third-order valence-corrected chi connectivity index (χ3v) is 6.37. The van der Waals surface area contributed by atoms with Gasteiger partial charge in [0.25, 0.3) is 11.8 Å². The summed E-state index contributed by atoms with van der Waals surface area (Å²) in [5.41, 5.74) is 1.92. The highest BCUT2D eigenvalue weighted by Gasteiger charge is 2.42. The molecule has 150 valence electrons. The summed E-state index contributed by atoms with van der Waals surface area (Å²) in [7, 11) is 1.65. The van der Waals surface area contributed by atoms with Gasteiger partial charge in [-0.1, -0.05) is 29.8 Å². The van der Waals surface area contributed by atoms with Crippen LogP contribution in [0, 0.1) is 3.57 Å². The van der Waals surface area contributed by atoms with E-state index in [1.54, 1.807) is 19.2 Å². The van der Waals surface area contributed by atoms with Crippen molar-refractivity contribution in [2.45, 2.75) is 0 Å². The molecule has 2 aromatic rings. The van der Waals surface area contributed by atoms with Crippen molar-refractivity contribution >= 4 is 57.4 Å². The van der Waals surface area contributed by atoms with Crippen LogP contribution in [0.15, 0.2) is 59.3 Å². The number of carbonyl (C=O) groups is 2. The zero-order valence-corrected chi connectivity index (χ0v) is 18.7. The third-order valence-electron chi connectivity index (χ3n) is 5.11. The number of carbonyl (C=O) groups excluding carboxylic acids is 2. The first-order chi connectivity index (χ1) is 14.0. The van der Waals surface area contributed by atoms with Crippen molar-refractivity contribution < 1.29 is 14.3 Å². The van der Waals surface area contributed by atoms with Gasteiger partial charge in [-0.15, -0.1) is 0 Å². The van der Waals surface area contributed by atoms with E-state index in [9.17, 15) is 9.59 Å². The predicted molar refractivity (Wildman–Crippen MR) is 121 cm³/mol. The van der Waals surface area contributed by atoms with E-state index in [1.807, 2.05) is 41.3 Å². The molecule has 0 atom stereocenters. The number of halogens is 2. The first kappa shape index (κ1) is 20.0. The number of amides is 2. The summed E-state index contributed by atoms with van der Waals surface area (Å²) in [4.78, 5) is 31.2. The van der Waals surface area contributed by atoms with Crippen molar-refractivity contribution in [3.8, 4) is 5.75 Å². The highest BCUT2D eigenvalue weighted by Crippen LogP contribution is 2.34. The third kappa shape index (κ3) is 3.69. The van der Waals surface area contributed by atoms with E-state index in [1.165, 1.54) is 4.90 Å². The maximum atomic E-state index is 13.1. The summed E-state index contributed by atoms with van der Waals surface area (Å²) in [6.07, 6.45) is 0. The monoisotopic (exact) mass is 523 g/mol. The maximum absolute atomic E-state index is 13.1. The Kier molecular flexibility index (Phi) is 5.69. The van der Waals surface area contributed by atoms with Crippen LogP contribution in [0.5, 0.6) is 5.75 Å². The molecule has 0 N–H and O–H groups in total. The number of rotatable bonds is 4. The lowest BCUT2D eigenvalue weighted by Crippen LogP contribution is -2.47. The number of methoxy groups -OCH3 is 1. The van der Waals surface area contributed by atoms with Crippen LogP contribution in [-0.4, -0.2) is 50.0 Å². The molecule has 2 heterocycles. The summed E-state index contributed by atoms with van der Waals surface area (Å²) in [6.45, 7) is 2.62. The number of para-hydroxylation sites is 1. The summed E-state index contributed by atoms with van der Waals surface area (Å²) in [5.74, 6) is -0.0229. The SMILES string of the molecule is COc1cccc(N2CCN(C3=C(Cl)C(=O)N(c4ccccc4I)C3=O)CC2)c1. The van der Waals surface area contributed by atoms with Gasteiger partial charge < -0.3 is 14.5 Å². The average molecular weight is 524 g/mol. The Bertz CT molecular complexity index is 1000. The molecule has 0 bridgehead atoms. The molecule has 0 saturated carbocycles. The molecule has 29 heavy (non-hydrogen) atoms. The molecule has 2 aliphatic rings. The Labute approximate surface area is 187 Å². The second-order valence-electron chi connectivity index (χ2n) is 6.74. The van der Waals surface area contributed by atoms with Crippen LogP contribution in [0.25, 0.3) is 0 Å².